The lowest BCUT2D eigenvalue weighted by Gasteiger charge is -2.34. The number of alkyl halides is 1. The van der Waals surface area contributed by atoms with Crippen LogP contribution in [0.2, 0.25) is 0 Å². The third-order valence-corrected chi connectivity index (χ3v) is 6.33. The zero-order valence-corrected chi connectivity index (χ0v) is 12.0. The quantitative estimate of drug-likeness (QED) is 0.516. The van der Waals surface area contributed by atoms with E-state index in [0.29, 0.717) is 26.3 Å². The van der Waals surface area contributed by atoms with Crippen molar-refractivity contribution in [2.75, 3.05) is 26.3 Å². The van der Waals surface area contributed by atoms with Gasteiger partial charge in [-0.15, -0.1) is 0 Å². The first-order valence-corrected chi connectivity index (χ1v) is 7.81. The summed E-state index contributed by atoms with van der Waals surface area (Å²) < 4.78 is 10.7. The second kappa shape index (κ2) is 4.19. The van der Waals surface area contributed by atoms with Crippen molar-refractivity contribution in [3.63, 3.8) is 0 Å². The number of nitrogens with zero attached hydrogens (tertiary/aromatic N) is 1. The van der Waals surface area contributed by atoms with E-state index >= 15 is 0 Å². The lowest BCUT2D eigenvalue weighted by Crippen LogP contribution is -2.49. The minimum absolute atomic E-state index is 0.00348. The van der Waals surface area contributed by atoms with Crippen LogP contribution < -0.4 is 0 Å². The number of rotatable bonds is 1. The van der Waals surface area contributed by atoms with Gasteiger partial charge < -0.3 is 14.4 Å². The Labute approximate surface area is 119 Å². The smallest absolute Gasteiger partial charge is 0.310 e. The molecule has 6 atom stereocenters. The van der Waals surface area contributed by atoms with Crippen molar-refractivity contribution >= 4 is 27.8 Å². The summed E-state index contributed by atoms with van der Waals surface area (Å²) in [7, 11) is 0. The molecule has 6 heteroatoms. The molecule has 0 aromatic heterocycles. The van der Waals surface area contributed by atoms with Crippen LogP contribution in [-0.4, -0.2) is 54.0 Å². The molecular weight excluding hydrogens is 314 g/mol. The summed E-state index contributed by atoms with van der Waals surface area (Å²) in [6.45, 7) is 2.49. The Bertz CT molecular complexity index is 436. The second-order valence-corrected chi connectivity index (χ2v) is 6.96. The van der Waals surface area contributed by atoms with Crippen LogP contribution in [0.1, 0.15) is 6.42 Å². The molecule has 4 aliphatic rings. The van der Waals surface area contributed by atoms with Crippen molar-refractivity contribution in [1.82, 2.24) is 4.90 Å². The standard InChI is InChI=1S/C13H16BrNO4/c14-10-6-5-7-9(13(17)19-11(7)10)8(6)12(16)15-1-3-18-4-2-15/h6-11H,1-5H2/t6-,7-,8+,9-,10+,11-/m0/s1. The third kappa shape index (κ3) is 1.56. The molecule has 4 rings (SSSR count). The number of morpholine rings is 1. The molecule has 2 saturated carbocycles. The highest BCUT2D eigenvalue weighted by Gasteiger charge is 2.68. The molecule has 0 radical (unpaired) electrons. The Morgan fingerprint density at radius 3 is 2.74 bits per heavy atom. The molecule has 2 bridgehead atoms. The molecule has 0 aromatic rings. The van der Waals surface area contributed by atoms with Gasteiger partial charge in [-0.1, -0.05) is 15.9 Å². The topological polar surface area (TPSA) is 55.8 Å². The van der Waals surface area contributed by atoms with Gasteiger partial charge in [0.25, 0.3) is 0 Å². The SMILES string of the molecule is O=C1O[C@@H]2[C@H](Br)[C@H]3C[C@H]2[C@H]1[C@@H]3C(=O)N1CCOCC1. The van der Waals surface area contributed by atoms with E-state index in [0.717, 1.165) is 6.42 Å². The lowest BCUT2D eigenvalue weighted by atomic mass is 9.79. The van der Waals surface area contributed by atoms with Gasteiger partial charge in [-0.3, -0.25) is 9.59 Å². The van der Waals surface area contributed by atoms with Crippen LogP contribution in [-0.2, 0) is 19.1 Å². The minimum atomic E-state index is -0.195. The lowest BCUT2D eigenvalue weighted by molar-refractivity contribution is -0.149. The molecule has 0 N–H and O–H groups in total. The molecule has 0 unspecified atom stereocenters. The predicted octanol–water partition coefficient (Wildman–Crippen LogP) is 0.416. The highest BCUT2D eigenvalue weighted by molar-refractivity contribution is 9.09. The van der Waals surface area contributed by atoms with Crippen molar-refractivity contribution in [3.05, 3.63) is 0 Å². The Morgan fingerprint density at radius 1 is 1.26 bits per heavy atom. The zero-order chi connectivity index (χ0) is 13.1. The fourth-order valence-electron chi connectivity index (χ4n) is 4.30. The van der Waals surface area contributed by atoms with Crippen LogP contribution in [0.15, 0.2) is 0 Å². The number of amides is 1. The average molecular weight is 330 g/mol. The molecule has 2 aliphatic heterocycles. The van der Waals surface area contributed by atoms with Crippen molar-refractivity contribution in [2.24, 2.45) is 23.7 Å². The van der Waals surface area contributed by atoms with Crippen LogP contribution in [0.25, 0.3) is 0 Å². The number of hydrogen-bond acceptors (Lipinski definition) is 4. The second-order valence-electron chi connectivity index (χ2n) is 5.90. The monoisotopic (exact) mass is 329 g/mol. The summed E-state index contributed by atoms with van der Waals surface area (Å²) >= 11 is 3.64. The Morgan fingerprint density at radius 2 is 2.00 bits per heavy atom. The number of esters is 1. The Hall–Kier alpha value is -0.620. The van der Waals surface area contributed by atoms with Crippen LogP contribution in [0.4, 0.5) is 0 Å². The van der Waals surface area contributed by atoms with Gasteiger partial charge in [0.1, 0.15) is 6.10 Å². The fraction of sp³-hybridized carbons (Fsp3) is 0.846. The number of carbonyl (C=O) groups is 2. The molecule has 104 valence electrons. The highest BCUT2D eigenvalue weighted by atomic mass is 79.9. The molecule has 5 nitrogen and oxygen atoms in total. The van der Waals surface area contributed by atoms with Gasteiger partial charge in [0.05, 0.1) is 29.9 Å². The molecule has 0 aromatic carbocycles. The third-order valence-electron chi connectivity index (χ3n) is 5.13. The Kier molecular flexibility index (Phi) is 2.68. The first-order chi connectivity index (χ1) is 9.18. The van der Waals surface area contributed by atoms with E-state index in [-0.39, 0.29) is 46.5 Å². The molecular formula is C13H16BrNO4. The number of carbonyl (C=O) groups excluding carboxylic acids is 2. The van der Waals surface area contributed by atoms with E-state index in [2.05, 4.69) is 15.9 Å². The zero-order valence-electron chi connectivity index (χ0n) is 10.5. The largest absolute Gasteiger partial charge is 0.461 e. The van der Waals surface area contributed by atoms with Gasteiger partial charge >= 0.3 is 5.97 Å². The van der Waals surface area contributed by atoms with Gasteiger partial charge in [0.15, 0.2) is 0 Å². The molecule has 2 saturated heterocycles. The summed E-state index contributed by atoms with van der Waals surface area (Å²) in [5.41, 5.74) is 0. The minimum Gasteiger partial charge on any atom is -0.461 e. The van der Waals surface area contributed by atoms with Crippen molar-refractivity contribution in [1.29, 1.82) is 0 Å². The van der Waals surface area contributed by atoms with Crippen LogP contribution in [0, 0.1) is 23.7 Å². The summed E-state index contributed by atoms with van der Waals surface area (Å²) in [5, 5.41) is 0. The highest BCUT2D eigenvalue weighted by Crippen LogP contribution is 2.60. The summed E-state index contributed by atoms with van der Waals surface area (Å²) in [5.74, 6) is 0.0881. The van der Waals surface area contributed by atoms with Crippen LogP contribution >= 0.6 is 15.9 Å². The maximum atomic E-state index is 12.7. The first kappa shape index (κ1) is 12.1. The van der Waals surface area contributed by atoms with Crippen molar-refractivity contribution < 1.29 is 19.1 Å². The van der Waals surface area contributed by atoms with Gasteiger partial charge in [-0.2, -0.15) is 0 Å². The number of fused-ring (bicyclic) bond motifs is 1. The fourth-order valence-corrected chi connectivity index (χ4v) is 5.35. The van der Waals surface area contributed by atoms with E-state index in [4.69, 9.17) is 9.47 Å². The van der Waals surface area contributed by atoms with E-state index in [1.807, 2.05) is 4.90 Å². The van der Waals surface area contributed by atoms with Crippen LogP contribution in [0.3, 0.4) is 0 Å². The van der Waals surface area contributed by atoms with Crippen LogP contribution in [0.5, 0.6) is 0 Å². The van der Waals surface area contributed by atoms with E-state index in [1.54, 1.807) is 0 Å². The molecule has 1 amide bonds. The van der Waals surface area contributed by atoms with Gasteiger partial charge in [-0.05, 0) is 12.3 Å². The van der Waals surface area contributed by atoms with E-state index in [9.17, 15) is 9.59 Å². The van der Waals surface area contributed by atoms with Gasteiger partial charge in [0.2, 0.25) is 5.91 Å². The van der Waals surface area contributed by atoms with Crippen molar-refractivity contribution in [2.45, 2.75) is 17.4 Å². The van der Waals surface area contributed by atoms with Gasteiger partial charge in [0, 0.05) is 19.0 Å². The maximum Gasteiger partial charge on any atom is 0.310 e. The van der Waals surface area contributed by atoms with Gasteiger partial charge in [-0.25, -0.2) is 0 Å². The maximum absolute atomic E-state index is 12.7. The molecule has 19 heavy (non-hydrogen) atoms. The number of ether oxygens (including phenoxy) is 2. The summed E-state index contributed by atoms with van der Waals surface area (Å²) in [4.78, 5) is 26.7. The normalized spacial score (nSPS) is 47.6. The molecule has 2 aliphatic carbocycles. The molecule has 2 heterocycles. The molecule has 0 spiro atoms. The van der Waals surface area contributed by atoms with E-state index in [1.165, 1.54) is 0 Å². The molecule has 4 fully saturated rings. The summed E-state index contributed by atoms with van der Waals surface area (Å²) in [6.07, 6.45) is 0.939. The average Bonchev–Trinajstić information content (AvgIpc) is 3.03. The first-order valence-electron chi connectivity index (χ1n) is 6.89. The number of hydrogen-bond donors (Lipinski definition) is 0. The summed E-state index contributed by atoms with van der Waals surface area (Å²) in [6, 6.07) is 0. The van der Waals surface area contributed by atoms with Crippen molar-refractivity contribution in [3.8, 4) is 0 Å². The van der Waals surface area contributed by atoms with E-state index < -0.39 is 0 Å². The Balaban J connectivity index is 1.61. The number of halogens is 1. The predicted molar refractivity (Wildman–Crippen MR) is 68.6 cm³/mol.